The van der Waals surface area contributed by atoms with Crippen LogP contribution in [0.1, 0.15) is 11.1 Å². The highest BCUT2D eigenvalue weighted by Gasteiger charge is 2.09. The Bertz CT molecular complexity index is 891. The van der Waals surface area contributed by atoms with E-state index in [2.05, 4.69) is 4.98 Å². The van der Waals surface area contributed by atoms with Gasteiger partial charge in [0.2, 0.25) is 0 Å². The molecule has 0 atom stereocenters. The van der Waals surface area contributed by atoms with E-state index in [4.69, 9.17) is 0 Å². The molecule has 4 heteroatoms. The third-order valence-corrected chi connectivity index (χ3v) is 3.61. The van der Waals surface area contributed by atoms with Crippen LogP contribution in [0.4, 0.5) is 0 Å². The molecule has 2 aromatic carbocycles. The monoisotopic (exact) mass is 292 g/mol. The molecule has 110 valence electrons. The molecule has 1 heterocycles. The molecule has 0 amide bonds. The van der Waals surface area contributed by atoms with Gasteiger partial charge in [-0.3, -0.25) is 9.36 Å². The van der Waals surface area contributed by atoms with Gasteiger partial charge < -0.3 is 4.98 Å². The molecule has 4 nitrogen and oxygen atoms in total. The van der Waals surface area contributed by atoms with E-state index in [0.717, 1.165) is 16.7 Å². The number of H-pyrrole nitrogens is 1. The maximum atomic E-state index is 12.6. The van der Waals surface area contributed by atoms with Crippen molar-refractivity contribution >= 4 is 0 Å². The van der Waals surface area contributed by atoms with Gasteiger partial charge in [0.25, 0.3) is 5.56 Å². The summed E-state index contributed by atoms with van der Waals surface area (Å²) in [6.45, 7) is 2.25. The molecule has 3 aromatic rings. The van der Waals surface area contributed by atoms with E-state index in [1.165, 1.54) is 10.8 Å². The minimum Gasteiger partial charge on any atom is -0.313 e. The topological polar surface area (TPSA) is 54.9 Å². The van der Waals surface area contributed by atoms with Gasteiger partial charge in [-0.1, -0.05) is 60.2 Å². The van der Waals surface area contributed by atoms with Gasteiger partial charge in [-0.05, 0) is 18.1 Å². The summed E-state index contributed by atoms with van der Waals surface area (Å²) in [4.78, 5) is 27.3. The van der Waals surface area contributed by atoms with Crippen LogP contribution < -0.4 is 11.2 Å². The third kappa shape index (κ3) is 2.76. The van der Waals surface area contributed by atoms with E-state index in [0.29, 0.717) is 5.56 Å². The normalized spacial score (nSPS) is 10.6. The van der Waals surface area contributed by atoms with Gasteiger partial charge in [-0.2, -0.15) is 0 Å². The van der Waals surface area contributed by atoms with Crippen LogP contribution in [0.25, 0.3) is 11.1 Å². The Morgan fingerprint density at radius 2 is 1.64 bits per heavy atom. The van der Waals surface area contributed by atoms with E-state index in [-0.39, 0.29) is 12.1 Å². The molecule has 0 fully saturated rings. The Morgan fingerprint density at radius 3 is 2.32 bits per heavy atom. The summed E-state index contributed by atoms with van der Waals surface area (Å²) in [5.74, 6) is 0. The Morgan fingerprint density at radius 1 is 0.955 bits per heavy atom. The number of benzene rings is 2. The number of nitrogens with zero attached hydrogens (tertiary/aromatic N) is 1. The maximum Gasteiger partial charge on any atom is 0.328 e. The number of hydrogen-bond acceptors (Lipinski definition) is 2. The lowest BCUT2D eigenvalue weighted by molar-refractivity contribution is 0.701. The SMILES string of the molecule is Cc1ccc(-c2c[nH]c(=O)n(Cc3ccccc3)c2=O)cc1. The van der Waals surface area contributed by atoms with Gasteiger partial charge in [0.15, 0.2) is 0 Å². The largest absolute Gasteiger partial charge is 0.328 e. The van der Waals surface area contributed by atoms with Crippen molar-refractivity contribution in [2.24, 2.45) is 0 Å². The Hall–Kier alpha value is -2.88. The Labute approximate surface area is 127 Å². The standard InChI is InChI=1S/C18H16N2O2/c1-13-7-9-15(10-8-13)16-11-19-18(22)20(17(16)21)12-14-5-3-2-4-6-14/h2-11H,12H2,1H3,(H,19,22). The highest BCUT2D eigenvalue weighted by Crippen LogP contribution is 2.14. The van der Waals surface area contributed by atoms with Crippen molar-refractivity contribution in [2.75, 3.05) is 0 Å². The minimum atomic E-state index is -0.398. The van der Waals surface area contributed by atoms with E-state index < -0.39 is 5.69 Å². The van der Waals surface area contributed by atoms with Crippen molar-refractivity contribution in [3.63, 3.8) is 0 Å². The quantitative estimate of drug-likeness (QED) is 0.806. The first-order valence-corrected chi connectivity index (χ1v) is 7.08. The van der Waals surface area contributed by atoms with Crippen LogP contribution in [-0.4, -0.2) is 9.55 Å². The summed E-state index contributed by atoms with van der Waals surface area (Å²) >= 11 is 0. The summed E-state index contributed by atoms with van der Waals surface area (Å²) in [5.41, 5.74) is 2.65. The zero-order valence-electron chi connectivity index (χ0n) is 12.2. The summed E-state index contributed by atoms with van der Waals surface area (Å²) in [5, 5.41) is 0. The average molecular weight is 292 g/mol. The lowest BCUT2D eigenvalue weighted by Crippen LogP contribution is -2.35. The van der Waals surface area contributed by atoms with Crippen LogP contribution >= 0.6 is 0 Å². The van der Waals surface area contributed by atoms with Crippen molar-refractivity contribution in [1.29, 1.82) is 0 Å². The molecule has 0 spiro atoms. The fourth-order valence-electron chi connectivity index (χ4n) is 2.36. The highest BCUT2D eigenvalue weighted by molar-refractivity contribution is 5.61. The van der Waals surface area contributed by atoms with Crippen LogP contribution in [0, 0.1) is 6.92 Å². The lowest BCUT2D eigenvalue weighted by atomic mass is 10.1. The molecule has 1 aromatic heterocycles. The summed E-state index contributed by atoms with van der Waals surface area (Å²) in [6.07, 6.45) is 1.48. The van der Waals surface area contributed by atoms with Crippen LogP contribution in [0.15, 0.2) is 70.4 Å². The summed E-state index contributed by atoms with van der Waals surface area (Å²) < 4.78 is 1.23. The van der Waals surface area contributed by atoms with E-state index >= 15 is 0 Å². The predicted molar refractivity (Wildman–Crippen MR) is 87.0 cm³/mol. The molecule has 0 aliphatic carbocycles. The number of hydrogen-bond donors (Lipinski definition) is 1. The predicted octanol–water partition coefficient (Wildman–Crippen LogP) is 2.56. The van der Waals surface area contributed by atoms with Crippen LogP contribution in [0.3, 0.4) is 0 Å². The summed E-state index contributed by atoms with van der Waals surface area (Å²) in [7, 11) is 0. The van der Waals surface area contributed by atoms with Gasteiger partial charge in [-0.15, -0.1) is 0 Å². The number of aromatic nitrogens is 2. The molecule has 0 aliphatic heterocycles. The van der Waals surface area contributed by atoms with E-state index in [1.807, 2.05) is 61.5 Å². The first-order chi connectivity index (χ1) is 10.6. The Balaban J connectivity index is 2.08. The summed E-state index contributed by atoms with van der Waals surface area (Å²) in [6, 6.07) is 17.1. The van der Waals surface area contributed by atoms with Gasteiger partial charge >= 0.3 is 5.69 Å². The molecule has 0 saturated carbocycles. The van der Waals surface area contributed by atoms with Crippen molar-refractivity contribution in [1.82, 2.24) is 9.55 Å². The number of aromatic amines is 1. The average Bonchev–Trinajstić information content (AvgIpc) is 2.54. The van der Waals surface area contributed by atoms with E-state index in [1.54, 1.807) is 0 Å². The van der Waals surface area contributed by atoms with Gasteiger partial charge in [-0.25, -0.2) is 4.79 Å². The lowest BCUT2D eigenvalue weighted by Gasteiger charge is -2.07. The van der Waals surface area contributed by atoms with Gasteiger partial charge in [0, 0.05) is 6.20 Å². The zero-order valence-corrected chi connectivity index (χ0v) is 12.2. The third-order valence-electron chi connectivity index (χ3n) is 3.61. The molecular weight excluding hydrogens is 276 g/mol. The first-order valence-electron chi connectivity index (χ1n) is 7.08. The molecule has 22 heavy (non-hydrogen) atoms. The fourth-order valence-corrected chi connectivity index (χ4v) is 2.36. The number of nitrogens with one attached hydrogen (secondary N) is 1. The van der Waals surface area contributed by atoms with Crippen molar-refractivity contribution in [3.05, 3.63) is 92.8 Å². The van der Waals surface area contributed by atoms with Crippen molar-refractivity contribution in [2.45, 2.75) is 13.5 Å². The van der Waals surface area contributed by atoms with Gasteiger partial charge in [0.05, 0.1) is 12.1 Å². The molecule has 0 unspecified atom stereocenters. The minimum absolute atomic E-state index is 0.259. The van der Waals surface area contributed by atoms with Crippen LogP contribution in [0.2, 0.25) is 0 Å². The second-order valence-corrected chi connectivity index (χ2v) is 5.25. The molecular formula is C18H16N2O2. The molecule has 0 bridgehead atoms. The number of rotatable bonds is 3. The van der Waals surface area contributed by atoms with Crippen molar-refractivity contribution in [3.8, 4) is 11.1 Å². The fraction of sp³-hybridized carbons (Fsp3) is 0.111. The molecule has 0 saturated heterocycles. The molecule has 3 rings (SSSR count). The molecule has 1 N–H and O–H groups in total. The molecule has 0 radical (unpaired) electrons. The molecule has 0 aliphatic rings. The smallest absolute Gasteiger partial charge is 0.313 e. The number of aryl methyl sites for hydroxylation is 1. The zero-order chi connectivity index (χ0) is 15.5. The second-order valence-electron chi connectivity index (χ2n) is 5.25. The highest BCUT2D eigenvalue weighted by atomic mass is 16.2. The first kappa shape index (κ1) is 14.1. The van der Waals surface area contributed by atoms with Crippen LogP contribution in [-0.2, 0) is 6.54 Å². The van der Waals surface area contributed by atoms with Gasteiger partial charge in [0.1, 0.15) is 0 Å². The Kier molecular flexibility index (Phi) is 3.74. The van der Waals surface area contributed by atoms with Crippen LogP contribution in [0.5, 0.6) is 0 Å². The maximum absolute atomic E-state index is 12.6. The van der Waals surface area contributed by atoms with Crippen molar-refractivity contribution < 1.29 is 0 Å². The van der Waals surface area contributed by atoms with E-state index in [9.17, 15) is 9.59 Å². The second kappa shape index (κ2) is 5.85.